The van der Waals surface area contributed by atoms with Crippen LogP contribution >= 0.6 is 0 Å². The Morgan fingerprint density at radius 3 is 1.29 bits per heavy atom. The van der Waals surface area contributed by atoms with Crippen LogP contribution in [0.4, 0.5) is 11.6 Å². The van der Waals surface area contributed by atoms with Gasteiger partial charge >= 0.3 is 0 Å². The molecule has 4 aromatic rings. The third kappa shape index (κ3) is 12.0. The Labute approximate surface area is 335 Å². The van der Waals surface area contributed by atoms with E-state index in [0.29, 0.717) is 25.4 Å². The number of ether oxygens (including phenoxy) is 4. The first-order valence-corrected chi connectivity index (χ1v) is 19.8. The summed E-state index contributed by atoms with van der Waals surface area (Å²) in [5.41, 5.74) is 5.73. The smallest absolute Gasteiger partial charge is 0.165 e. The van der Waals surface area contributed by atoms with Crippen molar-refractivity contribution < 1.29 is 28.5 Å². The second kappa shape index (κ2) is 23.3. The molecule has 2 saturated carbocycles. The minimum absolute atomic E-state index is 0. The van der Waals surface area contributed by atoms with Crippen molar-refractivity contribution in [2.24, 2.45) is 11.8 Å². The van der Waals surface area contributed by atoms with E-state index < -0.39 is 0 Å². The molecule has 2 fully saturated rings. The summed E-state index contributed by atoms with van der Waals surface area (Å²) in [6.45, 7) is 6.97. The van der Waals surface area contributed by atoms with E-state index in [1.54, 1.807) is 28.4 Å². The third-order valence-corrected chi connectivity index (χ3v) is 11.1. The highest BCUT2D eigenvalue weighted by Gasteiger charge is 2.28. The van der Waals surface area contributed by atoms with Gasteiger partial charge in [-0.3, -0.25) is 9.59 Å². The van der Waals surface area contributed by atoms with Gasteiger partial charge in [0.15, 0.2) is 11.6 Å². The molecule has 2 aliphatic rings. The lowest BCUT2D eigenvalue weighted by Crippen LogP contribution is -2.25. The maximum atomic E-state index is 12.9. The predicted octanol–water partition coefficient (Wildman–Crippen LogP) is 9.76. The van der Waals surface area contributed by atoms with Gasteiger partial charge in [0.25, 0.3) is 0 Å². The van der Waals surface area contributed by atoms with E-state index in [0.717, 1.165) is 133 Å². The number of nitrogens with one attached hydrogen (secondary N) is 2. The van der Waals surface area contributed by atoms with Gasteiger partial charge < -0.3 is 29.6 Å². The van der Waals surface area contributed by atoms with Crippen molar-refractivity contribution in [3.05, 3.63) is 70.8 Å². The lowest BCUT2D eigenvalue weighted by molar-refractivity contribution is 0.0515. The van der Waals surface area contributed by atoms with E-state index in [2.05, 4.69) is 36.6 Å². The molecule has 0 unspecified atom stereocenters. The molecule has 0 radical (unpaired) electrons. The summed E-state index contributed by atoms with van der Waals surface area (Å²) >= 11 is 0. The first kappa shape index (κ1) is 46.4. The number of Topliss-reactive ketones (excluding diaryl/α,β-unsaturated/α-hetero) is 2. The van der Waals surface area contributed by atoms with Crippen molar-refractivity contribution in [2.75, 3.05) is 65.4 Å². The van der Waals surface area contributed by atoms with Gasteiger partial charge in [-0.15, -0.1) is 0 Å². The Hall–Kier alpha value is -3.96. The number of anilines is 2. The van der Waals surface area contributed by atoms with Gasteiger partial charge in [-0.05, 0) is 124 Å². The van der Waals surface area contributed by atoms with E-state index in [1.165, 1.54) is 0 Å². The van der Waals surface area contributed by atoms with Crippen molar-refractivity contribution in [3.63, 3.8) is 0 Å². The second-order valence-electron chi connectivity index (χ2n) is 14.5. The van der Waals surface area contributed by atoms with Gasteiger partial charge in [0, 0.05) is 75.3 Å². The number of nitrogens with zero attached hydrogens (tertiary/aromatic N) is 2. The molecule has 6 rings (SSSR count). The number of aryl methyl sites for hydroxylation is 2. The first-order valence-electron chi connectivity index (χ1n) is 19.8. The van der Waals surface area contributed by atoms with E-state index in [-0.39, 0.29) is 38.3 Å². The Morgan fingerprint density at radius 1 is 0.589 bits per heavy atom. The fourth-order valence-corrected chi connectivity index (χ4v) is 7.73. The lowest BCUT2D eigenvalue weighted by atomic mass is 9.82. The lowest BCUT2D eigenvalue weighted by Gasteiger charge is -2.26. The van der Waals surface area contributed by atoms with Crippen LogP contribution in [0.3, 0.4) is 0 Å². The topological polar surface area (TPSA) is 121 Å². The number of carbonyl (C=O) groups is 2. The number of hydrogen-bond acceptors (Lipinski definition) is 10. The normalized spacial score (nSPS) is 19.2. The van der Waals surface area contributed by atoms with Crippen molar-refractivity contribution in [3.8, 4) is 0 Å². The summed E-state index contributed by atoms with van der Waals surface area (Å²) in [7, 11) is 6.90. The molecule has 2 aromatic carbocycles. The molecule has 10 nitrogen and oxygen atoms in total. The molecule has 2 N–H and O–H groups in total. The predicted molar refractivity (Wildman–Crippen MR) is 231 cm³/mol. The van der Waals surface area contributed by atoms with Gasteiger partial charge in [-0.2, -0.15) is 0 Å². The van der Waals surface area contributed by atoms with Gasteiger partial charge in [0.1, 0.15) is 11.6 Å². The highest BCUT2D eigenvalue weighted by Crippen LogP contribution is 2.32. The molecule has 10 heteroatoms. The number of fused-ring (bicyclic) bond motifs is 2. The number of benzene rings is 2. The Bertz CT molecular complexity index is 1700. The summed E-state index contributed by atoms with van der Waals surface area (Å²) in [4.78, 5) is 35.4. The molecule has 0 amide bonds. The summed E-state index contributed by atoms with van der Waals surface area (Å²) in [5.74, 6) is 2.54. The van der Waals surface area contributed by atoms with Crippen LogP contribution in [0.15, 0.2) is 48.5 Å². The zero-order valence-electron chi connectivity index (χ0n) is 33.2. The summed E-state index contributed by atoms with van der Waals surface area (Å²) in [6, 6.07) is 16.1. The average Bonchev–Trinajstić information content (AvgIpc) is 3.22. The number of pyridine rings is 2. The Balaban J connectivity index is 0.000000290. The van der Waals surface area contributed by atoms with Crippen molar-refractivity contribution in [1.29, 1.82) is 0 Å². The van der Waals surface area contributed by atoms with E-state index >= 15 is 0 Å². The Morgan fingerprint density at radius 2 is 0.964 bits per heavy atom. The number of aromatic nitrogens is 2. The summed E-state index contributed by atoms with van der Waals surface area (Å²) in [6.07, 6.45) is 9.93. The zero-order chi connectivity index (χ0) is 38.5. The van der Waals surface area contributed by atoms with Crippen molar-refractivity contribution in [2.45, 2.75) is 105 Å². The van der Waals surface area contributed by atoms with Gasteiger partial charge in [-0.25, -0.2) is 9.97 Å². The van der Waals surface area contributed by atoms with Gasteiger partial charge in [0.05, 0.1) is 36.5 Å². The SMILES string of the molecule is C.C.CCc1cc2cc(C(=O)C3CCC(OC)CC3)ccc2nc1NCCOC.CCc1cc2cc(C(=O)C3CCC(OC)CC3)ccc2nc1NCCOC. The molecule has 2 heterocycles. The van der Waals surface area contributed by atoms with Crippen LogP contribution in [0.25, 0.3) is 21.8 Å². The highest BCUT2D eigenvalue weighted by molar-refractivity contribution is 6.02. The molecule has 2 aliphatic carbocycles. The number of ketones is 2. The minimum atomic E-state index is 0. The van der Waals surface area contributed by atoms with E-state index in [4.69, 9.17) is 28.9 Å². The maximum Gasteiger partial charge on any atom is 0.165 e. The van der Waals surface area contributed by atoms with Gasteiger partial charge in [0.2, 0.25) is 0 Å². The van der Waals surface area contributed by atoms with Crippen LogP contribution in [0.5, 0.6) is 0 Å². The van der Waals surface area contributed by atoms with Crippen molar-refractivity contribution in [1.82, 2.24) is 9.97 Å². The number of hydrogen-bond donors (Lipinski definition) is 2. The third-order valence-electron chi connectivity index (χ3n) is 11.1. The quantitative estimate of drug-likeness (QED) is 0.0841. The molecule has 0 atom stereocenters. The molecular weight excluding hydrogens is 705 g/mol. The highest BCUT2D eigenvalue weighted by atomic mass is 16.5. The summed E-state index contributed by atoms with van der Waals surface area (Å²) in [5, 5.41) is 8.74. The Kier molecular flexibility index (Phi) is 19.3. The van der Waals surface area contributed by atoms with E-state index in [1.807, 2.05) is 36.4 Å². The minimum Gasteiger partial charge on any atom is -0.383 e. The van der Waals surface area contributed by atoms with Crippen molar-refractivity contribution >= 4 is 45.0 Å². The molecule has 0 saturated heterocycles. The fourth-order valence-electron chi connectivity index (χ4n) is 7.73. The number of rotatable bonds is 16. The van der Waals surface area contributed by atoms with Crippen LogP contribution in [0, 0.1) is 11.8 Å². The zero-order valence-corrected chi connectivity index (χ0v) is 33.2. The monoisotopic (exact) mass is 773 g/mol. The van der Waals surface area contributed by atoms with Crippen LogP contribution in [-0.2, 0) is 31.8 Å². The summed E-state index contributed by atoms with van der Waals surface area (Å²) < 4.78 is 21.0. The number of methoxy groups -OCH3 is 4. The fraction of sp³-hybridized carbons (Fsp3) is 0.565. The van der Waals surface area contributed by atoms with Crippen LogP contribution in [0.1, 0.15) is 112 Å². The molecule has 2 aromatic heterocycles. The molecule has 0 aliphatic heterocycles. The molecule has 308 valence electrons. The molecule has 0 bridgehead atoms. The first-order chi connectivity index (χ1) is 26.3. The standard InChI is InChI=1S/2C22H30N2O3.2CH4/c2*1-4-15-13-18-14-17(21(25)16-5-8-19(27-3)9-6-16)7-10-20(18)24-22(15)23-11-12-26-2;;/h2*7,10,13-14,16,19H,4-6,8-9,11-12H2,1-3H3,(H,23,24);2*1H4. The molecular formula is C46H68N4O6. The number of carbonyl (C=O) groups excluding carboxylic acids is 2. The molecule has 56 heavy (non-hydrogen) atoms. The molecule has 0 spiro atoms. The average molecular weight is 773 g/mol. The van der Waals surface area contributed by atoms with Crippen LogP contribution in [0.2, 0.25) is 0 Å². The largest absolute Gasteiger partial charge is 0.383 e. The second-order valence-corrected chi connectivity index (χ2v) is 14.5. The maximum absolute atomic E-state index is 12.9. The van der Waals surface area contributed by atoms with Gasteiger partial charge in [-0.1, -0.05) is 28.7 Å². The van der Waals surface area contributed by atoms with Crippen LogP contribution in [-0.4, -0.2) is 88.5 Å². The van der Waals surface area contributed by atoms with Crippen LogP contribution < -0.4 is 10.6 Å². The van der Waals surface area contributed by atoms with E-state index in [9.17, 15) is 9.59 Å².